The molecule has 1 aliphatic rings. The van der Waals surface area contributed by atoms with Gasteiger partial charge < -0.3 is 20.3 Å². The molecular formula is C26H32FN3O4. The number of carbonyl (C=O) groups excluding carboxylic acids is 3. The van der Waals surface area contributed by atoms with Gasteiger partial charge in [-0.05, 0) is 61.6 Å². The number of anilines is 2. The van der Waals surface area contributed by atoms with Crippen molar-refractivity contribution >= 4 is 29.2 Å². The van der Waals surface area contributed by atoms with Crippen molar-refractivity contribution in [2.75, 3.05) is 29.9 Å². The van der Waals surface area contributed by atoms with E-state index in [1.54, 1.807) is 31.2 Å². The van der Waals surface area contributed by atoms with Gasteiger partial charge in [0.2, 0.25) is 5.91 Å². The Balaban J connectivity index is 1.74. The van der Waals surface area contributed by atoms with E-state index >= 15 is 0 Å². The largest absolute Gasteiger partial charge is 0.466 e. The number of halogens is 1. The minimum absolute atomic E-state index is 0.00328. The number of hydrogen-bond donors (Lipinski definition) is 2. The molecule has 34 heavy (non-hydrogen) atoms. The number of ether oxygens (including phenoxy) is 1. The zero-order valence-electron chi connectivity index (χ0n) is 19.7. The first-order chi connectivity index (χ1) is 16.4. The highest BCUT2D eigenvalue weighted by Gasteiger charge is 2.22. The highest BCUT2D eigenvalue weighted by molar-refractivity contribution is 6.02. The van der Waals surface area contributed by atoms with Crippen molar-refractivity contribution in [3.05, 3.63) is 59.4 Å². The molecule has 0 unspecified atom stereocenters. The molecule has 182 valence electrons. The van der Waals surface area contributed by atoms with Crippen molar-refractivity contribution in [2.45, 2.75) is 46.1 Å². The first kappa shape index (κ1) is 25.2. The lowest BCUT2D eigenvalue weighted by Crippen LogP contribution is -2.35. The number of nitrogens with one attached hydrogen (secondary N) is 2. The predicted molar refractivity (Wildman–Crippen MR) is 129 cm³/mol. The highest BCUT2D eigenvalue weighted by atomic mass is 19.1. The molecule has 2 aromatic carbocycles. The van der Waals surface area contributed by atoms with E-state index in [2.05, 4.69) is 22.5 Å². The molecule has 2 aromatic rings. The Morgan fingerprint density at radius 3 is 2.44 bits per heavy atom. The fraction of sp³-hybridized carbons (Fsp3) is 0.423. The standard InChI is InChI=1S/C26H32FN3O4/c1-3-34-25(32)11-10-24(31)29-21-8-9-23(30-14-12-18(2)13-15-30)22(16-21)26(33)28-17-19-4-6-20(27)7-5-19/h4-9,16,18H,3,10-15,17H2,1-2H3,(H,28,33)(H,29,31). The summed E-state index contributed by atoms with van der Waals surface area (Å²) in [5, 5.41) is 5.66. The van der Waals surface area contributed by atoms with Gasteiger partial charge in [0.25, 0.3) is 5.91 Å². The first-order valence-electron chi connectivity index (χ1n) is 11.7. The van der Waals surface area contributed by atoms with E-state index in [0.717, 1.165) is 37.2 Å². The molecule has 1 saturated heterocycles. The second-order valence-electron chi connectivity index (χ2n) is 8.56. The number of hydrogen-bond acceptors (Lipinski definition) is 5. The molecule has 0 aliphatic carbocycles. The summed E-state index contributed by atoms with van der Waals surface area (Å²) in [7, 11) is 0. The highest BCUT2D eigenvalue weighted by Crippen LogP contribution is 2.29. The predicted octanol–water partition coefficient (Wildman–Crippen LogP) is 4.27. The molecule has 0 atom stereocenters. The van der Waals surface area contributed by atoms with E-state index in [4.69, 9.17) is 4.74 Å². The quantitative estimate of drug-likeness (QED) is 0.536. The number of benzene rings is 2. The van der Waals surface area contributed by atoms with Crippen molar-refractivity contribution in [1.82, 2.24) is 5.32 Å². The lowest BCUT2D eigenvalue weighted by molar-refractivity contribution is -0.144. The first-order valence-corrected chi connectivity index (χ1v) is 11.7. The van der Waals surface area contributed by atoms with E-state index in [0.29, 0.717) is 17.2 Å². The van der Waals surface area contributed by atoms with Crippen LogP contribution in [0.5, 0.6) is 0 Å². The molecule has 0 bridgehead atoms. The maximum atomic E-state index is 13.2. The summed E-state index contributed by atoms with van der Waals surface area (Å²) in [5.41, 5.74) is 2.54. The van der Waals surface area contributed by atoms with Gasteiger partial charge in [-0.3, -0.25) is 14.4 Å². The lowest BCUT2D eigenvalue weighted by Gasteiger charge is -2.33. The summed E-state index contributed by atoms with van der Waals surface area (Å²) in [6, 6.07) is 11.2. The van der Waals surface area contributed by atoms with Crippen LogP contribution >= 0.6 is 0 Å². The average Bonchev–Trinajstić information content (AvgIpc) is 2.83. The Morgan fingerprint density at radius 2 is 1.76 bits per heavy atom. The third-order valence-electron chi connectivity index (χ3n) is 5.88. The van der Waals surface area contributed by atoms with E-state index in [1.807, 2.05) is 6.07 Å². The van der Waals surface area contributed by atoms with Gasteiger partial charge in [-0.15, -0.1) is 0 Å². The van der Waals surface area contributed by atoms with Crippen LogP contribution in [0.4, 0.5) is 15.8 Å². The monoisotopic (exact) mass is 469 g/mol. The normalized spacial score (nSPS) is 13.9. The van der Waals surface area contributed by atoms with Crippen LogP contribution in [0.15, 0.2) is 42.5 Å². The van der Waals surface area contributed by atoms with E-state index in [-0.39, 0.29) is 43.6 Å². The second-order valence-corrected chi connectivity index (χ2v) is 8.56. The number of amides is 2. The fourth-order valence-corrected chi connectivity index (χ4v) is 3.87. The second kappa shape index (κ2) is 12.2. The maximum absolute atomic E-state index is 13.2. The van der Waals surface area contributed by atoms with Crippen LogP contribution < -0.4 is 15.5 Å². The Labute approximate surface area is 199 Å². The molecule has 0 saturated carbocycles. The molecule has 0 spiro atoms. The van der Waals surface area contributed by atoms with E-state index in [9.17, 15) is 18.8 Å². The number of rotatable bonds is 9. The van der Waals surface area contributed by atoms with Gasteiger partial charge in [0.15, 0.2) is 0 Å². The van der Waals surface area contributed by atoms with Gasteiger partial charge in [-0.25, -0.2) is 4.39 Å². The maximum Gasteiger partial charge on any atom is 0.306 e. The van der Waals surface area contributed by atoms with Gasteiger partial charge in [0, 0.05) is 37.4 Å². The summed E-state index contributed by atoms with van der Waals surface area (Å²) in [4.78, 5) is 39.2. The number of esters is 1. The molecule has 1 aliphatic heterocycles. The Morgan fingerprint density at radius 1 is 1.06 bits per heavy atom. The molecule has 1 heterocycles. The van der Waals surface area contributed by atoms with Crippen molar-refractivity contribution in [3.63, 3.8) is 0 Å². The molecule has 1 fully saturated rings. The summed E-state index contributed by atoms with van der Waals surface area (Å²) in [6.07, 6.45) is 2.08. The van der Waals surface area contributed by atoms with Crippen LogP contribution in [-0.4, -0.2) is 37.5 Å². The summed E-state index contributed by atoms with van der Waals surface area (Å²) in [5.74, 6) is -0.716. The third kappa shape index (κ3) is 7.30. The summed E-state index contributed by atoms with van der Waals surface area (Å²) in [6.45, 7) is 6.17. The fourth-order valence-electron chi connectivity index (χ4n) is 3.87. The van der Waals surface area contributed by atoms with Gasteiger partial charge in [0.05, 0.1) is 18.6 Å². The van der Waals surface area contributed by atoms with Gasteiger partial charge in [-0.1, -0.05) is 19.1 Å². The molecule has 2 N–H and O–H groups in total. The number of piperidine rings is 1. The van der Waals surface area contributed by atoms with Gasteiger partial charge >= 0.3 is 5.97 Å². The number of nitrogens with zero attached hydrogens (tertiary/aromatic N) is 1. The Hall–Kier alpha value is -3.42. The summed E-state index contributed by atoms with van der Waals surface area (Å²) < 4.78 is 18.0. The van der Waals surface area contributed by atoms with Crippen molar-refractivity contribution < 1.29 is 23.5 Å². The molecule has 0 aromatic heterocycles. The third-order valence-corrected chi connectivity index (χ3v) is 5.88. The zero-order valence-corrected chi connectivity index (χ0v) is 19.7. The van der Waals surface area contributed by atoms with Crippen LogP contribution in [0.1, 0.15) is 55.5 Å². The average molecular weight is 470 g/mol. The Kier molecular flexibility index (Phi) is 9.01. The minimum atomic E-state index is -0.423. The molecule has 0 radical (unpaired) electrons. The SMILES string of the molecule is CCOC(=O)CCC(=O)Nc1ccc(N2CCC(C)CC2)c(C(=O)NCc2ccc(F)cc2)c1. The van der Waals surface area contributed by atoms with Crippen molar-refractivity contribution in [2.24, 2.45) is 5.92 Å². The van der Waals surface area contributed by atoms with Gasteiger partial charge in [-0.2, -0.15) is 0 Å². The van der Waals surface area contributed by atoms with Crippen molar-refractivity contribution in [3.8, 4) is 0 Å². The van der Waals surface area contributed by atoms with Crippen LogP contribution in [0, 0.1) is 11.7 Å². The van der Waals surface area contributed by atoms with Crippen LogP contribution in [0.25, 0.3) is 0 Å². The minimum Gasteiger partial charge on any atom is -0.466 e. The van der Waals surface area contributed by atoms with E-state index in [1.165, 1.54) is 12.1 Å². The lowest BCUT2D eigenvalue weighted by atomic mass is 9.97. The molecule has 8 heteroatoms. The van der Waals surface area contributed by atoms with Crippen molar-refractivity contribution in [1.29, 1.82) is 0 Å². The van der Waals surface area contributed by atoms with Crippen LogP contribution in [-0.2, 0) is 20.9 Å². The molecular weight excluding hydrogens is 437 g/mol. The molecule has 2 amide bonds. The smallest absolute Gasteiger partial charge is 0.306 e. The Bertz CT molecular complexity index is 1000. The molecule has 3 rings (SSSR count). The number of carbonyl (C=O) groups is 3. The topological polar surface area (TPSA) is 87.7 Å². The van der Waals surface area contributed by atoms with Crippen LogP contribution in [0.2, 0.25) is 0 Å². The molecule has 7 nitrogen and oxygen atoms in total. The zero-order chi connectivity index (χ0) is 24.5. The van der Waals surface area contributed by atoms with Gasteiger partial charge in [0.1, 0.15) is 5.82 Å². The van der Waals surface area contributed by atoms with Crippen LogP contribution in [0.3, 0.4) is 0 Å². The van der Waals surface area contributed by atoms with E-state index < -0.39 is 5.97 Å². The summed E-state index contributed by atoms with van der Waals surface area (Å²) >= 11 is 0.